The zero-order valence-electron chi connectivity index (χ0n) is 13.5. The van der Waals surface area contributed by atoms with Gasteiger partial charge in [0.1, 0.15) is 5.75 Å². The fraction of sp³-hybridized carbons (Fsp3) is 0.222. The van der Waals surface area contributed by atoms with E-state index in [0.717, 1.165) is 16.9 Å². The van der Waals surface area contributed by atoms with Crippen LogP contribution < -0.4 is 15.4 Å². The monoisotopic (exact) mass is 312 g/mol. The van der Waals surface area contributed by atoms with Crippen LogP contribution in [0.3, 0.4) is 0 Å². The van der Waals surface area contributed by atoms with E-state index in [1.54, 1.807) is 31.4 Å². The van der Waals surface area contributed by atoms with E-state index in [1.165, 1.54) is 6.92 Å². The van der Waals surface area contributed by atoms with E-state index in [4.69, 9.17) is 4.74 Å². The molecule has 0 bridgehead atoms. The van der Waals surface area contributed by atoms with E-state index in [9.17, 15) is 9.59 Å². The third-order valence-electron chi connectivity index (χ3n) is 3.38. The minimum Gasteiger partial charge on any atom is -0.496 e. The van der Waals surface area contributed by atoms with Gasteiger partial charge in [-0.2, -0.15) is 0 Å². The molecule has 120 valence electrons. The van der Waals surface area contributed by atoms with Crippen LogP contribution in [0.4, 0.5) is 5.69 Å². The van der Waals surface area contributed by atoms with Gasteiger partial charge in [-0.1, -0.05) is 12.1 Å². The lowest BCUT2D eigenvalue weighted by Gasteiger charge is -2.09. The molecule has 0 spiro atoms. The zero-order chi connectivity index (χ0) is 16.8. The Balaban J connectivity index is 1.96. The molecule has 2 aromatic rings. The van der Waals surface area contributed by atoms with Crippen LogP contribution in [-0.4, -0.2) is 18.9 Å². The summed E-state index contributed by atoms with van der Waals surface area (Å²) in [4.78, 5) is 23.1. The van der Waals surface area contributed by atoms with Crippen LogP contribution in [0.2, 0.25) is 0 Å². The molecule has 0 unspecified atom stereocenters. The number of aryl methyl sites for hydroxylation is 1. The Hall–Kier alpha value is -2.82. The number of amides is 2. The predicted molar refractivity (Wildman–Crippen MR) is 89.6 cm³/mol. The maximum Gasteiger partial charge on any atom is 0.251 e. The van der Waals surface area contributed by atoms with Crippen molar-refractivity contribution in [2.24, 2.45) is 0 Å². The van der Waals surface area contributed by atoms with E-state index >= 15 is 0 Å². The molecular formula is C18H20N2O3. The molecule has 2 N–H and O–H groups in total. The van der Waals surface area contributed by atoms with Crippen molar-refractivity contribution in [3.05, 3.63) is 59.2 Å². The lowest BCUT2D eigenvalue weighted by Crippen LogP contribution is -2.22. The third kappa shape index (κ3) is 4.57. The molecule has 0 fully saturated rings. The number of carbonyl (C=O) groups excluding carboxylic acids is 2. The number of hydrogen-bond acceptors (Lipinski definition) is 3. The first-order valence-electron chi connectivity index (χ1n) is 7.29. The number of rotatable bonds is 5. The first-order chi connectivity index (χ1) is 11.0. The number of hydrogen-bond donors (Lipinski definition) is 2. The maximum absolute atomic E-state index is 12.1. The summed E-state index contributed by atoms with van der Waals surface area (Å²) in [5, 5.41) is 5.54. The number of methoxy groups -OCH3 is 1. The summed E-state index contributed by atoms with van der Waals surface area (Å²) in [5.41, 5.74) is 3.24. The molecule has 0 heterocycles. The van der Waals surface area contributed by atoms with Crippen molar-refractivity contribution < 1.29 is 14.3 Å². The Morgan fingerprint density at radius 2 is 1.78 bits per heavy atom. The molecule has 2 amide bonds. The van der Waals surface area contributed by atoms with Gasteiger partial charge in [0.2, 0.25) is 5.91 Å². The number of nitrogens with one attached hydrogen (secondary N) is 2. The standard InChI is InChI=1S/C18H20N2O3/c1-12-10-14(4-9-17(12)23-3)11-19-18(22)15-5-7-16(8-6-15)20-13(2)21/h4-10H,11H2,1-3H3,(H,19,22)(H,20,21). The largest absolute Gasteiger partial charge is 0.496 e. The van der Waals surface area contributed by atoms with Crippen molar-refractivity contribution in [3.63, 3.8) is 0 Å². The average Bonchev–Trinajstić information content (AvgIpc) is 2.53. The van der Waals surface area contributed by atoms with Gasteiger partial charge in [-0.15, -0.1) is 0 Å². The highest BCUT2D eigenvalue weighted by molar-refractivity contribution is 5.95. The van der Waals surface area contributed by atoms with Gasteiger partial charge in [-0.25, -0.2) is 0 Å². The summed E-state index contributed by atoms with van der Waals surface area (Å²) in [5.74, 6) is 0.526. The number of ether oxygens (including phenoxy) is 1. The zero-order valence-corrected chi connectivity index (χ0v) is 13.5. The lowest BCUT2D eigenvalue weighted by atomic mass is 10.1. The highest BCUT2D eigenvalue weighted by Gasteiger charge is 2.06. The van der Waals surface area contributed by atoms with Gasteiger partial charge >= 0.3 is 0 Å². The van der Waals surface area contributed by atoms with Crippen LogP contribution in [0, 0.1) is 6.92 Å². The summed E-state index contributed by atoms with van der Waals surface area (Å²) in [6.45, 7) is 3.85. The van der Waals surface area contributed by atoms with Crippen LogP contribution >= 0.6 is 0 Å². The molecule has 0 atom stereocenters. The smallest absolute Gasteiger partial charge is 0.251 e. The Bertz CT molecular complexity index is 709. The summed E-state index contributed by atoms with van der Waals surface area (Å²) < 4.78 is 5.22. The van der Waals surface area contributed by atoms with E-state index < -0.39 is 0 Å². The van der Waals surface area contributed by atoms with Crippen molar-refractivity contribution >= 4 is 17.5 Å². The van der Waals surface area contributed by atoms with Crippen molar-refractivity contribution in [3.8, 4) is 5.75 Å². The molecule has 23 heavy (non-hydrogen) atoms. The number of benzene rings is 2. The van der Waals surface area contributed by atoms with Crippen LogP contribution in [0.5, 0.6) is 5.75 Å². The maximum atomic E-state index is 12.1. The SMILES string of the molecule is COc1ccc(CNC(=O)c2ccc(NC(C)=O)cc2)cc1C. The highest BCUT2D eigenvalue weighted by atomic mass is 16.5. The minimum absolute atomic E-state index is 0.142. The van der Waals surface area contributed by atoms with E-state index in [2.05, 4.69) is 10.6 Å². The van der Waals surface area contributed by atoms with Gasteiger partial charge in [0.05, 0.1) is 7.11 Å². The van der Waals surface area contributed by atoms with Crippen molar-refractivity contribution in [1.82, 2.24) is 5.32 Å². The average molecular weight is 312 g/mol. The highest BCUT2D eigenvalue weighted by Crippen LogP contribution is 2.18. The van der Waals surface area contributed by atoms with E-state index in [-0.39, 0.29) is 11.8 Å². The van der Waals surface area contributed by atoms with Crippen LogP contribution in [0.25, 0.3) is 0 Å². The first-order valence-corrected chi connectivity index (χ1v) is 7.29. The molecule has 5 nitrogen and oxygen atoms in total. The molecule has 0 radical (unpaired) electrons. The van der Waals surface area contributed by atoms with Gasteiger partial charge in [0, 0.05) is 24.7 Å². The number of anilines is 1. The fourth-order valence-corrected chi connectivity index (χ4v) is 2.24. The summed E-state index contributed by atoms with van der Waals surface area (Å²) in [6, 6.07) is 12.6. The molecule has 0 aliphatic heterocycles. The van der Waals surface area contributed by atoms with E-state index in [0.29, 0.717) is 17.8 Å². The van der Waals surface area contributed by atoms with Gasteiger partial charge < -0.3 is 15.4 Å². The summed E-state index contributed by atoms with van der Waals surface area (Å²) in [7, 11) is 1.63. The Morgan fingerprint density at radius 3 is 2.35 bits per heavy atom. The van der Waals surface area contributed by atoms with Crippen molar-refractivity contribution in [2.45, 2.75) is 20.4 Å². The Morgan fingerprint density at radius 1 is 1.09 bits per heavy atom. The molecule has 0 saturated heterocycles. The minimum atomic E-state index is -0.159. The Labute approximate surface area is 135 Å². The summed E-state index contributed by atoms with van der Waals surface area (Å²) in [6.07, 6.45) is 0. The molecule has 0 aliphatic rings. The van der Waals surface area contributed by atoms with E-state index in [1.807, 2.05) is 25.1 Å². The Kier molecular flexibility index (Phi) is 5.36. The second-order valence-electron chi connectivity index (χ2n) is 5.25. The lowest BCUT2D eigenvalue weighted by molar-refractivity contribution is -0.114. The molecule has 5 heteroatoms. The van der Waals surface area contributed by atoms with Crippen molar-refractivity contribution in [2.75, 3.05) is 12.4 Å². The van der Waals surface area contributed by atoms with Gasteiger partial charge in [0.25, 0.3) is 5.91 Å². The van der Waals surface area contributed by atoms with Crippen LogP contribution in [-0.2, 0) is 11.3 Å². The quantitative estimate of drug-likeness (QED) is 0.892. The van der Waals surface area contributed by atoms with Gasteiger partial charge in [-0.3, -0.25) is 9.59 Å². The number of carbonyl (C=O) groups is 2. The first kappa shape index (κ1) is 16.5. The molecule has 0 saturated carbocycles. The second-order valence-corrected chi connectivity index (χ2v) is 5.25. The normalized spacial score (nSPS) is 10.0. The topological polar surface area (TPSA) is 67.4 Å². The van der Waals surface area contributed by atoms with Crippen molar-refractivity contribution in [1.29, 1.82) is 0 Å². The predicted octanol–water partition coefficient (Wildman–Crippen LogP) is 2.89. The summed E-state index contributed by atoms with van der Waals surface area (Å²) >= 11 is 0. The molecule has 0 aliphatic carbocycles. The molecular weight excluding hydrogens is 292 g/mol. The fourth-order valence-electron chi connectivity index (χ4n) is 2.24. The van der Waals surface area contributed by atoms with Crippen LogP contribution in [0.15, 0.2) is 42.5 Å². The molecule has 2 rings (SSSR count). The second kappa shape index (κ2) is 7.45. The third-order valence-corrected chi connectivity index (χ3v) is 3.38. The van der Waals surface area contributed by atoms with Crippen LogP contribution in [0.1, 0.15) is 28.4 Å². The molecule has 2 aromatic carbocycles. The van der Waals surface area contributed by atoms with Gasteiger partial charge in [-0.05, 0) is 48.4 Å². The molecule has 0 aromatic heterocycles. The van der Waals surface area contributed by atoms with Gasteiger partial charge in [0.15, 0.2) is 0 Å².